The first-order valence-corrected chi connectivity index (χ1v) is 2.81. The quantitative estimate of drug-likeness (QED) is 0.404. The normalized spacial score (nSPS) is 7.30. The van der Waals surface area contributed by atoms with Gasteiger partial charge >= 0.3 is 0 Å². The number of nitrogens with zero attached hydrogens (tertiary/aromatic N) is 1. The molecule has 0 saturated carbocycles. The van der Waals surface area contributed by atoms with Gasteiger partial charge < -0.3 is 0 Å². The van der Waals surface area contributed by atoms with E-state index < -0.39 is 4.92 Å². The van der Waals surface area contributed by atoms with Crippen molar-refractivity contribution >= 4 is 0 Å². The van der Waals surface area contributed by atoms with Gasteiger partial charge in [-0.15, -0.1) is 0 Å². The Bertz CT molecular complexity index is 144. The fourth-order valence-corrected chi connectivity index (χ4v) is 0.385. The Kier molecular flexibility index (Phi) is 4.96. The molecule has 0 saturated heterocycles. The molecular weight excluding hydrogens is 130 g/mol. The second-order valence-electron chi connectivity index (χ2n) is 1.59. The molecule has 0 aliphatic carbocycles. The molecule has 54 valence electrons. The predicted molar refractivity (Wildman–Crippen MR) is 39.4 cm³/mol. The van der Waals surface area contributed by atoms with Gasteiger partial charge in [0, 0.05) is 4.92 Å². The molecule has 3 nitrogen and oxygen atoms in total. The Balaban J connectivity index is 0.000000180. The minimum absolute atomic E-state index is 0.500. The molecule has 0 fully saturated rings. The van der Waals surface area contributed by atoms with E-state index in [4.69, 9.17) is 10.1 Å². The van der Waals surface area contributed by atoms with Gasteiger partial charge in [0.25, 0.3) is 0 Å². The third-order valence-electron chi connectivity index (χ3n) is 0.667. The lowest BCUT2D eigenvalue weighted by molar-refractivity contribution is -0.445. The highest BCUT2D eigenvalue weighted by atomic mass is 16.6. The molecule has 0 bridgehead atoms. The van der Waals surface area contributed by atoms with Crippen molar-refractivity contribution in [1.29, 1.82) is 0 Å². The molecule has 0 amide bonds. The molecule has 0 radical (unpaired) electrons. The van der Waals surface area contributed by atoms with Gasteiger partial charge in [-0.05, 0) is 0 Å². The van der Waals surface area contributed by atoms with Gasteiger partial charge in [0.2, 0.25) is 0 Å². The van der Waals surface area contributed by atoms with Gasteiger partial charge in [0.15, 0.2) is 7.05 Å². The fraction of sp³-hybridized carbons (Fsp3) is 0.143. The Morgan fingerprint density at radius 1 is 1.00 bits per heavy atom. The smallest absolute Gasteiger partial charge is 0.194 e. The molecule has 0 atom stereocenters. The van der Waals surface area contributed by atoms with Crippen LogP contribution in [0.1, 0.15) is 0 Å². The summed E-state index contributed by atoms with van der Waals surface area (Å²) in [5.74, 6) is 0. The molecule has 1 aromatic rings. The third kappa shape index (κ3) is 9.80. The summed E-state index contributed by atoms with van der Waals surface area (Å²) in [6.07, 6.45) is 0. The summed E-state index contributed by atoms with van der Waals surface area (Å²) in [4.78, 5) is 8.31. The number of hydrogen-bond donors (Lipinski definition) is 0. The minimum Gasteiger partial charge on any atom is -0.265 e. The zero-order valence-corrected chi connectivity index (χ0v) is 5.73. The number of benzene rings is 1. The molecule has 0 spiro atoms. The van der Waals surface area contributed by atoms with E-state index in [1.165, 1.54) is 0 Å². The average Bonchev–Trinajstić information content (AvgIpc) is 1.90. The van der Waals surface area contributed by atoms with Crippen LogP contribution in [0.5, 0.6) is 0 Å². The Hall–Kier alpha value is -1.38. The molecule has 1 aromatic carbocycles. The maximum atomic E-state index is 8.81. The van der Waals surface area contributed by atoms with Gasteiger partial charge in [-0.2, -0.15) is 0 Å². The molecule has 0 heterocycles. The Morgan fingerprint density at radius 3 is 1.20 bits per heavy atom. The summed E-state index contributed by atoms with van der Waals surface area (Å²) in [7, 11) is 0.889. The van der Waals surface area contributed by atoms with E-state index in [9.17, 15) is 0 Å². The van der Waals surface area contributed by atoms with Crippen LogP contribution in [-0.2, 0) is 0 Å². The molecule has 0 aromatic heterocycles. The highest BCUT2D eigenvalue weighted by molar-refractivity contribution is 4.99. The van der Waals surface area contributed by atoms with Gasteiger partial charge in [-0.25, -0.2) is 0 Å². The van der Waals surface area contributed by atoms with Crippen LogP contribution in [0.2, 0.25) is 0 Å². The maximum absolute atomic E-state index is 8.81. The molecule has 10 heavy (non-hydrogen) atoms. The van der Waals surface area contributed by atoms with Crippen LogP contribution in [0, 0.1) is 10.1 Å². The van der Waals surface area contributed by atoms with Crippen LogP contribution < -0.4 is 0 Å². The molecule has 0 unspecified atom stereocenters. The average molecular weight is 139 g/mol. The molecule has 3 heteroatoms. The van der Waals surface area contributed by atoms with Crippen LogP contribution in [0.4, 0.5) is 0 Å². The van der Waals surface area contributed by atoms with Gasteiger partial charge in [-0.1, -0.05) is 36.4 Å². The summed E-state index contributed by atoms with van der Waals surface area (Å²) >= 11 is 0. The lowest BCUT2D eigenvalue weighted by atomic mass is 10.4. The van der Waals surface area contributed by atoms with E-state index in [-0.39, 0.29) is 0 Å². The SMILES string of the molecule is C[N+](=O)[O-].c1ccccc1. The van der Waals surface area contributed by atoms with Crippen molar-refractivity contribution < 1.29 is 4.92 Å². The standard InChI is InChI=1S/C6H6.CH3NO2/c1-2-4-6-5-3-1;1-2(3)4/h1-6H;1H3. The van der Waals surface area contributed by atoms with E-state index in [0.717, 1.165) is 7.05 Å². The Morgan fingerprint density at radius 2 is 1.10 bits per heavy atom. The molecule has 0 N–H and O–H groups in total. The minimum atomic E-state index is -0.500. The van der Waals surface area contributed by atoms with Gasteiger partial charge in [0.05, 0.1) is 0 Å². The zero-order chi connectivity index (χ0) is 7.82. The van der Waals surface area contributed by atoms with E-state index in [2.05, 4.69) is 0 Å². The van der Waals surface area contributed by atoms with Crippen LogP contribution in [0.25, 0.3) is 0 Å². The van der Waals surface area contributed by atoms with Crippen molar-refractivity contribution in [3.05, 3.63) is 46.5 Å². The van der Waals surface area contributed by atoms with Crippen LogP contribution >= 0.6 is 0 Å². The van der Waals surface area contributed by atoms with Crippen molar-refractivity contribution in [2.24, 2.45) is 0 Å². The zero-order valence-electron chi connectivity index (χ0n) is 5.73. The monoisotopic (exact) mass is 139 g/mol. The van der Waals surface area contributed by atoms with Gasteiger partial charge in [0.1, 0.15) is 0 Å². The summed E-state index contributed by atoms with van der Waals surface area (Å²) in [5, 5.41) is 8.81. The van der Waals surface area contributed by atoms with E-state index in [1.807, 2.05) is 36.4 Å². The molecule has 0 aliphatic rings. The van der Waals surface area contributed by atoms with Gasteiger partial charge in [-0.3, -0.25) is 10.1 Å². The number of hydrogen-bond acceptors (Lipinski definition) is 2. The van der Waals surface area contributed by atoms with Crippen LogP contribution in [-0.4, -0.2) is 12.0 Å². The topological polar surface area (TPSA) is 43.1 Å². The second kappa shape index (κ2) is 5.75. The molecule has 0 aliphatic heterocycles. The van der Waals surface area contributed by atoms with Crippen LogP contribution in [0.15, 0.2) is 36.4 Å². The molecular formula is C7H9NO2. The third-order valence-corrected chi connectivity index (χ3v) is 0.667. The van der Waals surface area contributed by atoms with E-state index in [0.29, 0.717) is 0 Å². The Labute approximate surface area is 59.5 Å². The van der Waals surface area contributed by atoms with Crippen molar-refractivity contribution in [2.45, 2.75) is 0 Å². The first-order chi connectivity index (χ1) is 4.73. The number of rotatable bonds is 0. The summed E-state index contributed by atoms with van der Waals surface area (Å²) < 4.78 is 0. The summed E-state index contributed by atoms with van der Waals surface area (Å²) in [6.45, 7) is 0. The highest BCUT2D eigenvalue weighted by Crippen LogP contribution is 1.79. The number of nitro groups is 1. The summed E-state index contributed by atoms with van der Waals surface area (Å²) in [5.41, 5.74) is 0. The van der Waals surface area contributed by atoms with Crippen molar-refractivity contribution in [3.8, 4) is 0 Å². The summed E-state index contributed by atoms with van der Waals surface area (Å²) in [6, 6.07) is 12.0. The lowest BCUT2D eigenvalue weighted by Gasteiger charge is -1.69. The first kappa shape index (κ1) is 8.62. The molecule has 1 rings (SSSR count). The first-order valence-electron chi connectivity index (χ1n) is 2.81. The predicted octanol–water partition coefficient (Wildman–Crippen LogP) is 1.58. The maximum Gasteiger partial charge on any atom is 0.194 e. The van der Waals surface area contributed by atoms with Crippen molar-refractivity contribution in [1.82, 2.24) is 0 Å². The highest BCUT2D eigenvalue weighted by Gasteiger charge is 1.58. The van der Waals surface area contributed by atoms with E-state index in [1.54, 1.807) is 0 Å². The lowest BCUT2D eigenvalue weighted by Crippen LogP contribution is -1.79. The largest absolute Gasteiger partial charge is 0.265 e. The second-order valence-corrected chi connectivity index (χ2v) is 1.59. The fourth-order valence-electron chi connectivity index (χ4n) is 0.385. The van der Waals surface area contributed by atoms with Crippen LogP contribution in [0.3, 0.4) is 0 Å². The van der Waals surface area contributed by atoms with Crippen molar-refractivity contribution in [2.75, 3.05) is 7.05 Å². The van der Waals surface area contributed by atoms with Crippen molar-refractivity contribution in [3.63, 3.8) is 0 Å². The van der Waals surface area contributed by atoms with E-state index >= 15 is 0 Å².